The summed E-state index contributed by atoms with van der Waals surface area (Å²) < 4.78 is 13.7. The first-order chi connectivity index (χ1) is 8.15. The molecule has 1 rings (SSSR count). The fourth-order valence-electron chi connectivity index (χ4n) is 1.49. The van der Waals surface area contributed by atoms with Crippen LogP contribution in [0.25, 0.3) is 0 Å². The van der Waals surface area contributed by atoms with Gasteiger partial charge in [-0.3, -0.25) is 0 Å². The van der Waals surface area contributed by atoms with Gasteiger partial charge in [-0.1, -0.05) is 19.9 Å². The Balaban J connectivity index is 2.66. The molecule has 0 aliphatic rings. The Hall–Kier alpha value is -0.580. The van der Waals surface area contributed by atoms with E-state index in [1.54, 1.807) is 6.07 Å². The van der Waals surface area contributed by atoms with Crippen molar-refractivity contribution >= 4 is 11.8 Å². The van der Waals surface area contributed by atoms with Gasteiger partial charge in [-0.2, -0.15) is 0 Å². The van der Waals surface area contributed by atoms with Crippen LogP contribution in [-0.2, 0) is 6.54 Å². The number of nitrogens with one attached hydrogen (secondary N) is 1. The first-order valence-electron chi connectivity index (χ1n) is 5.87. The summed E-state index contributed by atoms with van der Waals surface area (Å²) in [5.41, 5.74) is 0.701. The lowest BCUT2D eigenvalue weighted by molar-refractivity contribution is 0.322. The van der Waals surface area contributed by atoms with Crippen LogP contribution in [0.3, 0.4) is 0 Å². The molecule has 0 aliphatic heterocycles. The number of aliphatic hydroxyl groups excluding tert-OH is 1. The van der Waals surface area contributed by atoms with Crippen LogP contribution in [0.4, 0.5) is 4.39 Å². The molecule has 96 valence electrons. The van der Waals surface area contributed by atoms with Crippen molar-refractivity contribution in [3.8, 4) is 0 Å². The Labute approximate surface area is 107 Å². The van der Waals surface area contributed by atoms with Crippen LogP contribution in [0, 0.1) is 11.7 Å². The molecule has 0 spiro atoms. The summed E-state index contributed by atoms with van der Waals surface area (Å²) in [5, 5.41) is 12.0. The van der Waals surface area contributed by atoms with Crippen molar-refractivity contribution in [1.82, 2.24) is 5.32 Å². The Kier molecular flexibility index (Phi) is 6.55. The molecule has 0 aromatic heterocycles. The quantitative estimate of drug-likeness (QED) is 0.737. The lowest BCUT2D eigenvalue weighted by Gasteiger charge is -2.12. The highest BCUT2D eigenvalue weighted by Gasteiger charge is 2.08. The Morgan fingerprint density at radius 3 is 2.82 bits per heavy atom. The molecule has 1 aromatic carbocycles. The minimum absolute atomic E-state index is 0.111. The molecule has 0 bridgehead atoms. The highest BCUT2D eigenvalue weighted by molar-refractivity contribution is 7.99. The van der Waals surface area contributed by atoms with Crippen LogP contribution in [-0.4, -0.2) is 24.0 Å². The normalized spacial score (nSPS) is 11.1. The zero-order valence-corrected chi connectivity index (χ0v) is 11.2. The summed E-state index contributed by atoms with van der Waals surface area (Å²) in [6.07, 6.45) is 0. The zero-order valence-electron chi connectivity index (χ0n) is 10.4. The smallest absolute Gasteiger partial charge is 0.128 e. The van der Waals surface area contributed by atoms with E-state index in [1.165, 1.54) is 17.8 Å². The summed E-state index contributed by atoms with van der Waals surface area (Å²) >= 11 is 1.49. The Bertz CT molecular complexity index is 344. The largest absolute Gasteiger partial charge is 0.396 e. The monoisotopic (exact) mass is 257 g/mol. The summed E-state index contributed by atoms with van der Waals surface area (Å²) in [6, 6.07) is 5.09. The predicted molar refractivity (Wildman–Crippen MR) is 70.8 cm³/mol. The molecule has 0 saturated carbocycles. The van der Waals surface area contributed by atoms with E-state index < -0.39 is 0 Å². The van der Waals surface area contributed by atoms with Gasteiger partial charge < -0.3 is 10.4 Å². The number of thioether (sulfide) groups is 1. The third-order valence-electron chi connectivity index (χ3n) is 2.28. The third kappa shape index (κ3) is 5.06. The van der Waals surface area contributed by atoms with Crippen molar-refractivity contribution in [2.75, 3.05) is 18.9 Å². The molecule has 0 radical (unpaired) electrons. The van der Waals surface area contributed by atoms with Crippen LogP contribution in [0.2, 0.25) is 0 Å². The maximum Gasteiger partial charge on any atom is 0.128 e. The molecule has 4 heteroatoms. The Morgan fingerprint density at radius 2 is 2.18 bits per heavy atom. The topological polar surface area (TPSA) is 32.3 Å². The third-order valence-corrected chi connectivity index (χ3v) is 3.36. The molecule has 2 N–H and O–H groups in total. The number of aliphatic hydroxyl groups is 1. The van der Waals surface area contributed by atoms with Gasteiger partial charge in [-0.25, -0.2) is 4.39 Å². The van der Waals surface area contributed by atoms with Crippen LogP contribution in [0.15, 0.2) is 23.1 Å². The average Bonchev–Trinajstić information content (AvgIpc) is 2.29. The SMILES string of the molecule is CC(C)CNCc1c(F)cccc1SCCO. The van der Waals surface area contributed by atoms with E-state index in [9.17, 15) is 4.39 Å². The highest BCUT2D eigenvalue weighted by Crippen LogP contribution is 2.24. The second kappa shape index (κ2) is 7.69. The van der Waals surface area contributed by atoms with E-state index in [1.807, 2.05) is 6.07 Å². The maximum atomic E-state index is 13.7. The van der Waals surface area contributed by atoms with Gasteiger partial charge in [0, 0.05) is 22.8 Å². The van der Waals surface area contributed by atoms with Crippen LogP contribution in [0.1, 0.15) is 19.4 Å². The highest BCUT2D eigenvalue weighted by atomic mass is 32.2. The fraction of sp³-hybridized carbons (Fsp3) is 0.538. The van der Waals surface area contributed by atoms with Gasteiger partial charge >= 0.3 is 0 Å². The van der Waals surface area contributed by atoms with E-state index >= 15 is 0 Å². The molecule has 0 saturated heterocycles. The number of hydrogen-bond donors (Lipinski definition) is 2. The fourth-order valence-corrected chi connectivity index (χ4v) is 2.32. The van der Waals surface area contributed by atoms with Crippen LogP contribution < -0.4 is 5.32 Å². The lowest BCUT2D eigenvalue weighted by atomic mass is 10.2. The number of halogens is 1. The van der Waals surface area contributed by atoms with Crippen molar-refractivity contribution in [2.45, 2.75) is 25.3 Å². The minimum atomic E-state index is -0.177. The minimum Gasteiger partial charge on any atom is -0.396 e. The molecule has 2 nitrogen and oxygen atoms in total. The number of benzene rings is 1. The lowest BCUT2D eigenvalue weighted by Crippen LogP contribution is -2.20. The molecule has 17 heavy (non-hydrogen) atoms. The van der Waals surface area contributed by atoms with Gasteiger partial charge in [-0.05, 0) is 24.6 Å². The molecule has 0 amide bonds. The second-order valence-electron chi connectivity index (χ2n) is 4.31. The molecule has 0 heterocycles. The van der Waals surface area contributed by atoms with E-state index in [-0.39, 0.29) is 12.4 Å². The van der Waals surface area contributed by atoms with Crippen molar-refractivity contribution in [2.24, 2.45) is 5.92 Å². The number of hydrogen-bond acceptors (Lipinski definition) is 3. The Morgan fingerprint density at radius 1 is 1.41 bits per heavy atom. The van der Waals surface area contributed by atoms with Crippen molar-refractivity contribution < 1.29 is 9.50 Å². The van der Waals surface area contributed by atoms with Gasteiger partial charge in [-0.15, -0.1) is 11.8 Å². The standard InChI is InChI=1S/C13H20FNOS/c1-10(2)8-15-9-11-12(14)4-3-5-13(11)17-7-6-16/h3-5,10,15-16H,6-9H2,1-2H3. The van der Waals surface area contributed by atoms with Gasteiger partial charge in [0.05, 0.1) is 6.61 Å². The molecule has 1 aromatic rings. The first-order valence-corrected chi connectivity index (χ1v) is 6.85. The molecule has 0 unspecified atom stereocenters. The first kappa shape index (κ1) is 14.5. The molecule has 0 aliphatic carbocycles. The predicted octanol–water partition coefficient (Wildman–Crippen LogP) is 2.66. The van der Waals surface area contributed by atoms with E-state index in [2.05, 4.69) is 19.2 Å². The summed E-state index contributed by atoms with van der Waals surface area (Å²) in [6.45, 7) is 5.77. The second-order valence-corrected chi connectivity index (χ2v) is 5.45. The van der Waals surface area contributed by atoms with Gasteiger partial charge in [0.2, 0.25) is 0 Å². The van der Waals surface area contributed by atoms with E-state index in [0.29, 0.717) is 23.8 Å². The van der Waals surface area contributed by atoms with Crippen LogP contribution >= 0.6 is 11.8 Å². The zero-order chi connectivity index (χ0) is 12.7. The molecule has 0 atom stereocenters. The van der Waals surface area contributed by atoms with Gasteiger partial charge in [0.1, 0.15) is 5.82 Å². The molecular formula is C13H20FNOS. The van der Waals surface area contributed by atoms with Crippen molar-refractivity contribution in [3.05, 3.63) is 29.6 Å². The molecular weight excluding hydrogens is 237 g/mol. The van der Waals surface area contributed by atoms with Gasteiger partial charge in [0.15, 0.2) is 0 Å². The van der Waals surface area contributed by atoms with E-state index in [4.69, 9.17) is 5.11 Å². The summed E-state index contributed by atoms with van der Waals surface area (Å²) in [7, 11) is 0. The van der Waals surface area contributed by atoms with Crippen molar-refractivity contribution in [3.63, 3.8) is 0 Å². The summed E-state index contributed by atoms with van der Waals surface area (Å²) in [4.78, 5) is 0.912. The summed E-state index contributed by atoms with van der Waals surface area (Å²) in [5.74, 6) is 0.972. The van der Waals surface area contributed by atoms with Crippen LogP contribution in [0.5, 0.6) is 0 Å². The average molecular weight is 257 g/mol. The molecule has 0 fully saturated rings. The maximum absolute atomic E-state index is 13.7. The van der Waals surface area contributed by atoms with E-state index in [0.717, 1.165) is 11.4 Å². The van der Waals surface area contributed by atoms with Crippen molar-refractivity contribution in [1.29, 1.82) is 0 Å². The number of rotatable bonds is 7. The van der Waals surface area contributed by atoms with Gasteiger partial charge in [0.25, 0.3) is 0 Å².